The Labute approximate surface area is 130 Å². The average Bonchev–Trinajstić information content (AvgIpc) is 3.18. The number of nitrogens with two attached hydrogens (primary N) is 1. The Bertz CT molecular complexity index is 893. The number of rotatable bonds is 2. The van der Waals surface area contributed by atoms with Crippen LogP contribution in [-0.2, 0) is 5.54 Å². The van der Waals surface area contributed by atoms with Crippen molar-refractivity contribution in [3.8, 4) is 11.6 Å². The lowest BCUT2D eigenvalue weighted by Crippen LogP contribution is -2.34. The summed E-state index contributed by atoms with van der Waals surface area (Å²) >= 11 is 0. The summed E-state index contributed by atoms with van der Waals surface area (Å²) in [6.07, 6.45) is 3.71. The van der Waals surface area contributed by atoms with Gasteiger partial charge in [-0.2, -0.15) is 4.98 Å². The van der Waals surface area contributed by atoms with Crippen molar-refractivity contribution in [3.63, 3.8) is 0 Å². The van der Waals surface area contributed by atoms with Gasteiger partial charge < -0.3 is 15.2 Å². The van der Waals surface area contributed by atoms with Gasteiger partial charge in [-0.15, -0.1) is 0 Å². The van der Waals surface area contributed by atoms with Gasteiger partial charge in [-0.05, 0) is 31.4 Å². The Kier molecular flexibility index (Phi) is 3.02. The zero-order valence-electron chi connectivity index (χ0n) is 12.6. The summed E-state index contributed by atoms with van der Waals surface area (Å²) in [7, 11) is 0. The first-order valence-corrected chi connectivity index (χ1v) is 7.59. The summed E-state index contributed by atoms with van der Waals surface area (Å²) in [6.45, 7) is 1.73. The molecule has 2 heterocycles. The molecule has 1 aliphatic carbocycles. The number of hydrogen-bond donors (Lipinski definition) is 2. The van der Waals surface area contributed by atoms with E-state index in [2.05, 4.69) is 15.1 Å². The van der Waals surface area contributed by atoms with Gasteiger partial charge in [-0.3, -0.25) is 0 Å². The van der Waals surface area contributed by atoms with Gasteiger partial charge in [-0.1, -0.05) is 18.0 Å². The van der Waals surface area contributed by atoms with Crippen LogP contribution in [0.4, 0.5) is 8.78 Å². The van der Waals surface area contributed by atoms with E-state index in [4.69, 9.17) is 10.3 Å². The molecule has 0 aliphatic heterocycles. The van der Waals surface area contributed by atoms with Crippen LogP contribution in [0.1, 0.15) is 37.1 Å². The Morgan fingerprint density at radius 3 is 2.74 bits per heavy atom. The van der Waals surface area contributed by atoms with Crippen molar-refractivity contribution < 1.29 is 13.3 Å². The normalized spacial score (nSPS) is 17.2. The number of aryl methyl sites for hydroxylation is 1. The van der Waals surface area contributed by atoms with Crippen LogP contribution < -0.4 is 5.73 Å². The highest BCUT2D eigenvalue weighted by molar-refractivity contribution is 5.89. The molecular weight excluding hydrogens is 302 g/mol. The van der Waals surface area contributed by atoms with Gasteiger partial charge in [0.1, 0.15) is 17.3 Å². The molecule has 4 rings (SSSR count). The topological polar surface area (TPSA) is 80.7 Å². The Hall–Kier alpha value is -2.28. The van der Waals surface area contributed by atoms with Gasteiger partial charge in [0.05, 0.1) is 11.1 Å². The maximum absolute atomic E-state index is 14.0. The van der Waals surface area contributed by atoms with E-state index in [0.29, 0.717) is 28.0 Å². The van der Waals surface area contributed by atoms with Crippen molar-refractivity contribution in [2.45, 2.75) is 38.1 Å². The van der Waals surface area contributed by atoms with E-state index in [1.807, 2.05) is 0 Å². The fraction of sp³-hybridized carbons (Fsp3) is 0.375. The van der Waals surface area contributed by atoms with E-state index < -0.39 is 17.2 Å². The van der Waals surface area contributed by atoms with E-state index in [-0.39, 0.29) is 5.89 Å². The van der Waals surface area contributed by atoms with Crippen molar-refractivity contribution in [2.75, 3.05) is 0 Å². The summed E-state index contributed by atoms with van der Waals surface area (Å²) in [6, 6.07) is 2.10. The van der Waals surface area contributed by atoms with Crippen LogP contribution in [0, 0.1) is 18.6 Å². The molecule has 120 valence electrons. The van der Waals surface area contributed by atoms with Crippen molar-refractivity contribution in [1.82, 2.24) is 15.1 Å². The van der Waals surface area contributed by atoms with Crippen molar-refractivity contribution in [2.24, 2.45) is 5.73 Å². The average molecular weight is 318 g/mol. The predicted molar refractivity (Wildman–Crippen MR) is 80.6 cm³/mol. The lowest BCUT2D eigenvalue weighted by atomic mass is 9.99. The summed E-state index contributed by atoms with van der Waals surface area (Å²) in [5.74, 6) is -0.549. The molecule has 1 aliphatic rings. The Morgan fingerprint density at radius 2 is 2.00 bits per heavy atom. The van der Waals surface area contributed by atoms with Crippen LogP contribution in [0.2, 0.25) is 0 Å². The number of fused-ring (bicyclic) bond motifs is 1. The summed E-state index contributed by atoms with van der Waals surface area (Å²) < 4.78 is 32.7. The van der Waals surface area contributed by atoms with Crippen LogP contribution >= 0.6 is 0 Å². The molecule has 5 nitrogen and oxygen atoms in total. The molecule has 0 amide bonds. The lowest BCUT2D eigenvalue weighted by Gasteiger charge is -2.17. The molecule has 2 aromatic heterocycles. The van der Waals surface area contributed by atoms with Crippen molar-refractivity contribution >= 4 is 10.9 Å². The SMILES string of the molecule is Cc1c(-c2nc(C3(N)CCCC3)no2)[nH]c2cc(F)cc(F)c12. The molecule has 23 heavy (non-hydrogen) atoms. The third-order valence-electron chi connectivity index (χ3n) is 4.65. The van der Waals surface area contributed by atoms with E-state index in [1.54, 1.807) is 6.92 Å². The fourth-order valence-corrected chi connectivity index (χ4v) is 3.38. The molecule has 0 atom stereocenters. The number of H-pyrrole nitrogens is 1. The number of aromatic nitrogens is 3. The van der Waals surface area contributed by atoms with Crippen LogP contribution in [0.25, 0.3) is 22.5 Å². The monoisotopic (exact) mass is 318 g/mol. The van der Waals surface area contributed by atoms with Crippen molar-refractivity contribution in [3.05, 3.63) is 35.2 Å². The van der Waals surface area contributed by atoms with Gasteiger partial charge in [0.15, 0.2) is 5.82 Å². The largest absolute Gasteiger partial charge is 0.350 e. The summed E-state index contributed by atoms with van der Waals surface area (Å²) in [5.41, 5.74) is 7.22. The van der Waals surface area contributed by atoms with Gasteiger partial charge in [0.2, 0.25) is 0 Å². The second kappa shape index (κ2) is 4.86. The number of nitrogens with one attached hydrogen (secondary N) is 1. The lowest BCUT2D eigenvalue weighted by molar-refractivity contribution is 0.372. The van der Waals surface area contributed by atoms with Gasteiger partial charge >= 0.3 is 0 Å². The highest BCUT2D eigenvalue weighted by Crippen LogP contribution is 2.36. The minimum Gasteiger partial charge on any atom is -0.350 e. The number of hydrogen-bond acceptors (Lipinski definition) is 4. The van der Waals surface area contributed by atoms with E-state index in [9.17, 15) is 8.78 Å². The van der Waals surface area contributed by atoms with Crippen LogP contribution in [-0.4, -0.2) is 15.1 Å². The van der Waals surface area contributed by atoms with E-state index in [0.717, 1.165) is 31.7 Å². The molecular formula is C16H16F2N4O. The van der Waals surface area contributed by atoms with E-state index >= 15 is 0 Å². The van der Waals surface area contributed by atoms with Crippen LogP contribution in [0.3, 0.4) is 0 Å². The maximum Gasteiger partial charge on any atom is 0.274 e. The molecule has 0 spiro atoms. The molecule has 0 bridgehead atoms. The fourth-order valence-electron chi connectivity index (χ4n) is 3.38. The number of benzene rings is 1. The first-order chi connectivity index (χ1) is 11.0. The second-order valence-corrected chi connectivity index (χ2v) is 6.22. The van der Waals surface area contributed by atoms with Crippen LogP contribution in [0.5, 0.6) is 0 Å². The summed E-state index contributed by atoms with van der Waals surface area (Å²) in [5, 5.41) is 4.32. The smallest absolute Gasteiger partial charge is 0.274 e. The molecule has 0 unspecified atom stereocenters. The van der Waals surface area contributed by atoms with Gasteiger partial charge in [0.25, 0.3) is 5.89 Å². The quantitative estimate of drug-likeness (QED) is 0.757. The molecule has 0 saturated heterocycles. The Morgan fingerprint density at radius 1 is 1.26 bits per heavy atom. The molecule has 0 radical (unpaired) electrons. The molecule has 3 aromatic rings. The molecule has 1 aromatic carbocycles. The van der Waals surface area contributed by atoms with Crippen molar-refractivity contribution in [1.29, 1.82) is 0 Å². The highest BCUT2D eigenvalue weighted by atomic mass is 19.1. The van der Waals surface area contributed by atoms with Gasteiger partial charge in [-0.25, -0.2) is 8.78 Å². The number of aromatic amines is 1. The Balaban J connectivity index is 1.82. The highest BCUT2D eigenvalue weighted by Gasteiger charge is 2.36. The molecule has 1 fully saturated rings. The zero-order valence-corrected chi connectivity index (χ0v) is 12.6. The first-order valence-electron chi connectivity index (χ1n) is 7.59. The molecule has 3 N–H and O–H groups in total. The molecule has 7 heteroatoms. The minimum absolute atomic E-state index is 0.241. The first kappa shape index (κ1) is 14.3. The predicted octanol–water partition coefficient (Wildman–Crippen LogP) is 3.53. The van der Waals surface area contributed by atoms with Crippen LogP contribution in [0.15, 0.2) is 16.7 Å². The summed E-state index contributed by atoms with van der Waals surface area (Å²) in [4.78, 5) is 7.35. The minimum atomic E-state index is -0.638. The standard InChI is InChI=1S/C16H16F2N4O/c1-8-12-10(18)6-9(17)7-11(12)20-13(8)14-21-15(22-23-14)16(19)4-2-3-5-16/h6-7,20H,2-5,19H2,1H3. The third-order valence-corrected chi connectivity index (χ3v) is 4.65. The molecule has 1 saturated carbocycles. The van der Waals surface area contributed by atoms with E-state index in [1.165, 1.54) is 6.07 Å². The number of nitrogens with zero attached hydrogens (tertiary/aromatic N) is 2. The zero-order chi connectivity index (χ0) is 16.2. The third kappa shape index (κ3) is 2.15. The van der Waals surface area contributed by atoms with Gasteiger partial charge in [0, 0.05) is 11.5 Å². The maximum atomic E-state index is 14.0. The number of halogens is 2. The second-order valence-electron chi connectivity index (χ2n) is 6.22.